The van der Waals surface area contributed by atoms with Crippen molar-refractivity contribution in [3.05, 3.63) is 104 Å². The molecule has 1 aromatic heterocycles. The minimum Gasteiger partial charge on any atom is -0.493 e. The van der Waals surface area contributed by atoms with Gasteiger partial charge in [0, 0.05) is 6.54 Å². The quantitative estimate of drug-likeness (QED) is 0.367. The Hall–Kier alpha value is -4.13. The van der Waals surface area contributed by atoms with Crippen LogP contribution in [0.4, 0.5) is 4.39 Å². The lowest BCUT2D eigenvalue weighted by Gasteiger charge is -2.25. The number of fused-ring (bicyclic) bond motifs is 2. The van der Waals surface area contributed by atoms with Crippen LogP contribution in [0.1, 0.15) is 44.4 Å². The molecule has 1 aliphatic heterocycles. The van der Waals surface area contributed by atoms with Crippen LogP contribution < -0.4 is 14.9 Å². The van der Waals surface area contributed by atoms with Crippen molar-refractivity contribution < 1.29 is 23.1 Å². The molecule has 0 aliphatic carbocycles. The average Bonchev–Trinajstić information content (AvgIpc) is 3.16. The smallest absolute Gasteiger partial charge is 0.290 e. The predicted molar refractivity (Wildman–Crippen MR) is 134 cm³/mol. The molecule has 4 aromatic rings. The van der Waals surface area contributed by atoms with E-state index in [4.69, 9.17) is 13.9 Å². The van der Waals surface area contributed by atoms with E-state index < -0.39 is 11.9 Å². The van der Waals surface area contributed by atoms with E-state index in [9.17, 15) is 14.0 Å². The highest BCUT2D eigenvalue weighted by molar-refractivity contribution is 5.99. The van der Waals surface area contributed by atoms with E-state index in [-0.39, 0.29) is 22.7 Å². The summed E-state index contributed by atoms with van der Waals surface area (Å²) >= 11 is 0. The lowest BCUT2D eigenvalue weighted by Crippen LogP contribution is -2.31. The summed E-state index contributed by atoms with van der Waals surface area (Å²) in [7, 11) is 3.14. The monoisotopic (exact) mass is 487 g/mol. The molecule has 3 aromatic carbocycles. The van der Waals surface area contributed by atoms with E-state index in [0.717, 1.165) is 16.7 Å². The molecule has 1 amide bonds. The van der Waals surface area contributed by atoms with Gasteiger partial charge < -0.3 is 18.8 Å². The standard InChI is InChI=1S/C29H26FNO5/c1-16-13-21-23(14-17(16)2)36-28-25(27(21)32)26(19-6-8-20(30)9-7-19)31(29(28)33)12-11-18-5-10-22(34-3)24(15-18)35-4/h5-10,13-15,26H,11-12H2,1-4H3. The fraction of sp³-hybridized carbons (Fsp3) is 0.241. The molecule has 184 valence electrons. The molecule has 0 saturated carbocycles. The Bertz CT molecular complexity index is 1540. The summed E-state index contributed by atoms with van der Waals surface area (Å²) in [6.45, 7) is 4.18. The third-order valence-electron chi connectivity index (χ3n) is 6.86. The average molecular weight is 488 g/mol. The predicted octanol–water partition coefficient (Wildman–Crippen LogP) is 5.35. The number of hydrogen-bond acceptors (Lipinski definition) is 5. The zero-order valence-corrected chi connectivity index (χ0v) is 20.6. The van der Waals surface area contributed by atoms with Gasteiger partial charge in [0.25, 0.3) is 5.91 Å². The maximum absolute atomic E-state index is 13.7. The van der Waals surface area contributed by atoms with E-state index in [1.54, 1.807) is 43.4 Å². The number of halogens is 1. The van der Waals surface area contributed by atoms with Crippen molar-refractivity contribution in [2.75, 3.05) is 20.8 Å². The Kier molecular flexibility index (Phi) is 6.00. The second-order valence-electron chi connectivity index (χ2n) is 9.00. The van der Waals surface area contributed by atoms with Gasteiger partial charge >= 0.3 is 0 Å². The fourth-order valence-corrected chi connectivity index (χ4v) is 4.78. The van der Waals surface area contributed by atoms with Crippen LogP contribution >= 0.6 is 0 Å². The molecule has 0 N–H and O–H groups in total. The summed E-state index contributed by atoms with van der Waals surface area (Å²) in [5.41, 5.74) is 3.94. The Balaban J connectivity index is 1.60. The van der Waals surface area contributed by atoms with Crippen LogP contribution in [-0.2, 0) is 6.42 Å². The van der Waals surface area contributed by atoms with Crippen LogP contribution in [0.25, 0.3) is 11.0 Å². The Morgan fingerprint density at radius 3 is 2.31 bits per heavy atom. The van der Waals surface area contributed by atoms with Crippen molar-refractivity contribution >= 4 is 16.9 Å². The van der Waals surface area contributed by atoms with Gasteiger partial charge in [-0.3, -0.25) is 9.59 Å². The van der Waals surface area contributed by atoms with Crippen LogP contribution in [-0.4, -0.2) is 31.6 Å². The first-order valence-electron chi connectivity index (χ1n) is 11.7. The Morgan fingerprint density at radius 2 is 1.61 bits per heavy atom. The van der Waals surface area contributed by atoms with Crippen LogP contribution in [0.3, 0.4) is 0 Å². The van der Waals surface area contributed by atoms with Crippen molar-refractivity contribution in [1.82, 2.24) is 4.90 Å². The van der Waals surface area contributed by atoms with E-state index in [1.807, 2.05) is 32.0 Å². The molecule has 1 aliphatic rings. The first kappa shape index (κ1) is 23.6. The van der Waals surface area contributed by atoms with E-state index >= 15 is 0 Å². The van der Waals surface area contributed by atoms with Crippen molar-refractivity contribution in [3.63, 3.8) is 0 Å². The lowest BCUT2D eigenvalue weighted by molar-refractivity contribution is 0.0730. The highest BCUT2D eigenvalue weighted by Crippen LogP contribution is 2.39. The van der Waals surface area contributed by atoms with E-state index in [0.29, 0.717) is 41.0 Å². The minimum atomic E-state index is -0.685. The Morgan fingerprint density at radius 1 is 0.917 bits per heavy atom. The summed E-state index contributed by atoms with van der Waals surface area (Å²) in [4.78, 5) is 28.9. The fourth-order valence-electron chi connectivity index (χ4n) is 4.78. The molecular weight excluding hydrogens is 461 g/mol. The number of ether oxygens (including phenoxy) is 2. The topological polar surface area (TPSA) is 69.0 Å². The molecule has 0 saturated heterocycles. The summed E-state index contributed by atoms with van der Waals surface area (Å²) in [5.74, 6) is 0.489. The number of carbonyl (C=O) groups excluding carboxylic acids is 1. The van der Waals surface area contributed by atoms with Gasteiger partial charge in [0.1, 0.15) is 11.4 Å². The SMILES string of the molecule is COc1ccc(CCN2C(=O)c3oc4cc(C)c(C)cc4c(=O)c3C2c2ccc(F)cc2)cc1OC. The van der Waals surface area contributed by atoms with Crippen LogP contribution in [0.2, 0.25) is 0 Å². The maximum Gasteiger partial charge on any atom is 0.290 e. The molecule has 36 heavy (non-hydrogen) atoms. The summed E-state index contributed by atoms with van der Waals surface area (Å²) in [6.07, 6.45) is 0.504. The van der Waals surface area contributed by atoms with Gasteiger partial charge in [-0.25, -0.2) is 4.39 Å². The lowest BCUT2D eigenvalue weighted by atomic mass is 9.97. The number of carbonyl (C=O) groups is 1. The molecule has 0 fully saturated rings. The molecule has 1 unspecified atom stereocenters. The number of nitrogens with zero attached hydrogens (tertiary/aromatic N) is 1. The number of hydrogen-bond donors (Lipinski definition) is 0. The molecule has 6 nitrogen and oxygen atoms in total. The van der Waals surface area contributed by atoms with Crippen LogP contribution in [0.15, 0.2) is 63.8 Å². The van der Waals surface area contributed by atoms with Gasteiger partial charge in [-0.05, 0) is 78.9 Å². The van der Waals surface area contributed by atoms with Gasteiger partial charge in [0.2, 0.25) is 5.76 Å². The van der Waals surface area contributed by atoms with E-state index in [1.165, 1.54) is 12.1 Å². The number of methoxy groups -OCH3 is 2. The molecule has 0 bridgehead atoms. The highest BCUT2D eigenvalue weighted by Gasteiger charge is 2.42. The van der Waals surface area contributed by atoms with Gasteiger partial charge in [-0.15, -0.1) is 0 Å². The van der Waals surface area contributed by atoms with Gasteiger partial charge in [-0.1, -0.05) is 18.2 Å². The van der Waals surface area contributed by atoms with Crippen molar-refractivity contribution in [2.24, 2.45) is 0 Å². The number of rotatable bonds is 6. The van der Waals surface area contributed by atoms with Crippen molar-refractivity contribution in [2.45, 2.75) is 26.3 Å². The second kappa shape index (κ2) is 9.15. The zero-order valence-electron chi connectivity index (χ0n) is 20.6. The van der Waals surface area contributed by atoms with Crippen LogP contribution in [0, 0.1) is 19.7 Å². The largest absolute Gasteiger partial charge is 0.493 e. The molecule has 1 atom stereocenters. The van der Waals surface area contributed by atoms with Crippen LogP contribution in [0.5, 0.6) is 11.5 Å². The van der Waals surface area contributed by atoms with E-state index in [2.05, 4.69) is 0 Å². The maximum atomic E-state index is 13.7. The molecule has 5 rings (SSSR count). The summed E-state index contributed by atoms with van der Waals surface area (Å²) in [5, 5.41) is 0.429. The first-order chi connectivity index (χ1) is 17.3. The molecule has 2 heterocycles. The highest BCUT2D eigenvalue weighted by atomic mass is 19.1. The van der Waals surface area contributed by atoms with Gasteiger partial charge in [0.15, 0.2) is 16.9 Å². The molecule has 0 spiro atoms. The number of aryl methyl sites for hydroxylation is 2. The molecule has 0 radical (unpaired) electrons. The number of benzene rings is 3. The van der Waals surface area contributed by atoms with Crippen molar-refractivity contribution in [3.8, 4) is 11.5 Å². The molecular formula is C29H26FNO5. The van der Waals surface area contributed by atoms with Gasteiger partial charge in [0.05, 0.1) is 31.2 Å². The number of amides is 1. The third kappa shape index (κ3) is 3.90. The third-order valence-corrected chi connectivity index (χ3v) is 6.86. The van der Waals surface area contributed by atoms with Crippen molar-refractivity contribution in [1.29, 1.82) is 0 Å². The Labute approximate surface area is 207 Å². The van der Waals surface area contributed by atoms with Gasteiger partial charge in [-0.2, -0.15) is 0 Å². The summed E-state index contributed by atoms with van der Waals surface area (Å²) in [6, 6.07) is 14.4. The molecule has 7 heteroatoms. The minimum absolute atomic E-state index is 0.0392. The first-order valence-corrected chi connectivity index (χ1v) is 11.7. The normalized spacial score (nSPS) is 14.9. The summed E-state index contributed by atoms with van der Waals surface area (Å²) < 4.78 is 30.5. The second-order valence-corrected chi connectivity index (χ2v) is 9.00. The zero-order chi connectivity index (χ0) is 25.6.